The molecule has 0 atom stereocenters. The summed E-state index contributed by atoms with van der Waals surface area (Å²) >= 11 is 6.08. The third-order valence-electron chi connectivity index (χ3n) is 3.70. The third-order valence-corrected chi connectivity index (χ3v) is 3.92. The average Bonchev–Trinajstić information content (AvgIpc) is 2.76. The van der Waals surface area contributed by atoms with Crippen molar-refractivity contribution in [2.24, 2.45) is 0 Å². The monoisotopic (exact) mass is 323 g/mol. The van der Waals surface area contributed by atoms with Crippen LogP contribution in [0.15, 0.2) is 18.3 Å². The fourth-order valence-electron chi connectivity index (χ4n) is 2.83. The molecule has 0 saturated carbocycles. The molecular formula is C16H22ClN3O2. The number of pyridine rings is 1. The van der Waals surface area contributed by atoms with Crippen LogP contribution in [-0.2, 0) is 17.8 Å². The van der Waals surface area contributed by atoms with E-state index in [4.69, 9.17) is 11.6 Å². The molecule has 0 saturated heterocycles. The lowest BCUT2D eigenvalue weighted by Gasteiger charge is -2.18. The number of nitrogens with one attached hydrogen (secondary N) is 1. The van der Waals surface area contributed by atoms with Crippen LogP contribution in [0.4, 0.5) is 0 Å². The third kappa shape index (κ3) is 3.99. The summed E-state index contributed by atoms with van der Waals surface area (Å²) in [5, 5.41) is 11.6. The molecule has 22 heavy (non-hydrogen) atoms. The van der Waals surface area contributed by atoms with E-state index in [0.717, 1.165) is 43.8 Å². The Kier molecular flexibility index (Phi) is 5.80. The van der Waals surface area contributed by atoms with Crippen LogP contribution in [-0.4, -0.2) is 28.4 Å². The van der Waals surface area contributed by atoms with Crippen molar-refractivity contribution in [3.8, 4) is 0 Å². The van der Waals surface area contributed by atoms with Crippen molar-refractivity contribution < 1.29 is 14.8 Å². The summed E-state index contributed by atoms with van der Waals surface area (Å²) < 4.78 is 1.91. The molecule has 2 heterocycles. The molecule has 0 radical (unpaired) electrons. The number of hydrogen-bond donors (Lipinski definition) is 1. The van der Waals surface area contributed by atoms with Gasteiger partial charge in [0.2, 0.25) is 0 Å². The Hall–Kier alpha value is -1.59. The van der Waals surface area contributed by atoms with Gasteiger partial charge < -0.3 is 14.8 Å². The number of nitrogens with zero attached hydrogens (tertiary/aromatic N) is 2. The normalized spacial score (nSPS) is 11.5. The lowest BCUT2D eigenvalue weighted by atomic mass is 10.2. The number of carboxylic acids is 1. The molecule has 0 bridgehead atoms. The minimum Gasteiger partial charge on any atom is -0.550 e. The van der Waals surface area contributed by atoms with Crippen molar-refractivity contribution >= 4 is 23.2 Å². The van der Waals surface area contributed by atoms with Crippen LogP contribution < -0.4 is 10.0 Å². The molecule has 2 rings (SSSR count). The Bertz CT molecular complexity index is 648. The van der Waals surface area contributed by atoms with Gasteiger partial charge >= 0.3 is 0 Å². The molecule has 1 N–H and O–H groups in total. The van der Waals surface area contributed by atoms with Crippen LogP contribution in [0, 0.1) is 0 Å². The summed E-state index contributed by atoms with van der Waals surface area (Å²) in [5.41, 5.74) is 2.22. The number of quaternary nitrogens is 1. The lowest BCUT2D eigenvalue weighted by molar-refractivity contribution is -0.914. The smallest absolute Gasteiger partial charge is 0.137 e. The number of fused-ring (bicyclic) bond motifs is 1. The minimum atomic E-state index is -1.11. The van der Waals surface area contributed by atoms with Crippen LogP contribution in [0.2, 0.25) is 5.02 Å². The molecule has 5 nitrogen and oxygen atoms in total. The van der Waals surface area contributed by atoms with Crippen molar-refractivity contribution in [2.75, 3.05) is 13.1 Å². The zero-order chi connectivity index (χ0) is 16.1. The summed E-state index contributed by atoms with van der Waals surface area (Å²) in [7, 11) is 0. The molecule has 0 aliphatic carbocycles. The van der Waals surface area contributed by atoms with Crippen LogP contribution in [0.3, 0.4) is 0 Å². The Labute approximate surface area is 135 Å². The molecular weight excluding hydrogens is 302 g/mol. The first-order valence-corrected chi connectivity index (χ1v) is 8.11. The zero-order valence-corrected chi connectivity index (χ0v) is 13.8. The highest BCUT2D eigenvalue weighted by Crippen LogP contribution is 2.16. The number of carboxylic acid groups (broad SMARTS) is 1. The summed E-state index contributed by atoms with van der Waals surface area (Å²) in [5.74, 6) is -1.11. The van der Waals surface area contributed by atoms with Gasteiger partial charge in [-0.3, -0.25) is 4.40 Å². The van der Waals surface area contributed by atoms with E-state index in [1.807, 2.05) is 10.5 Å². The van der Waals surface area contributed by atoms with E-state index in [2.05, 4.69) is 18.8 Å². The zero-order valence-electron chi connectivity index (χ0n) is 13.1. The number of imidazole rings is 1. The van der Waals surface area contributed by atoms with Crippen molar-refractivity contribution in [3.05, 3.63) is 34.7 Å². The van der Waals surface area contributed by atoms with E-state index in [-0.39, 0.29) is 6.42 Å². The van der Waals surface area contributed by atoms with Gasteiger partial charge in [0.1, 0.15) is 17.9 Å². The average molecular weight is 324 g/mol. The molecule has 6 heteroatoms. The molecule has 0 unspecified atom stereocenters. The predicted molar refractivity (Wildman–Crippen MR) is 83.9 cm³/mol. The highest BCUT2D eigenvalue weighted by Gasteiger charge is 2.18. The van der Waals surface area contributed by atoms with E-state index >= 15 is 0 Å². The number of rotatable bonds is 8. The van der Waals surface area contributed by atoms with E-state index in [1.165, 1.54) is 4.90 Å². The fraction of sp³-hybridized carbons (Fsp3) is 0.500. The van der Waals surface area contributed by atoms with Gasteiger partial charge in [0, 0.05) is 18.6 Å². The van der Waals surface area contributed by atoms with Gasteiger partial charge in [0.05, 0.1) is 23.8 Å². The lowest BCUT2D eigenvalue weighted by Crippen LogP contribution is -3.10. The largest absolute Gasteiger partial charge is 0.550 e. The van der Waals surface area contributed by atoms with E-state index in [9.17, 15) is 9.90 Å². The molecule has 2 aromatic heterocycles. The number of aromatic nitrogens is 2. The van der Waals surface area contributed by atoms with Crippen molar-refractivity contribution in [2.45, 2.75) is 39.7 Å². The minimum absolute atomic E-state index is 0.167. The van der Waals surface area contributed by atoms with Gasteiger partial charge in [-0.05, 0) is 25.0 Å². The second-order valence-electron chi connectivity index (χ2n) is 5.56. The first kappa shape index (κ1) is 16.8. The second kappa shape index (κ2) is 7.61. The van der Waals surface area contributed by atoms with Gasteiger partial charge in [-0.1, -0.05) is 25.4 Å². The standard InChI is InChI=1S/C16H22ClN3O2/c1-3-7-19(8-4-2)11-14-13(9-16(21)22)18-15-6-5-12(17)10-20(14)15/h5-6,10H,3-4,7-9,11H2,1-2H3,(H,21,22). The van der Waals surface area contributed by atoms with Crippen molar-refractivity contribution in [1.29, 1.82) is 0 Å². The van der Waals surface area contributed by atoms with Gasteiger partial charge in [-0.15, -0.1) is 0 Å². The molecule has 0 aliphatic heterocycles. The summed E-state index contributed by atoms with van der Waals surface area (Å²) in [6.45, 7) is 7.15. The van der Waals surface area contributed by atoms with Crippen molar-refractivity contribution in [3.63, 3.8) is 0 Å². The number of carbonyl (C=O) groups is 1. The maximum absolute atomic E-state index is 11.0. The highest BCUT2D eigenvalue weighted by molar-refractivity contribution is 6.30. The Balaban J connectivity index is 2.42. The van der Waals surface area contributed by atoms with Crippen LogP contribution in [0.25, 0.3) is 5.65 Å². The summed E-state index contributed by atoms with van der Waals surface area (Å²) in [6, 6.07) is 3.57. The first-order chi connectivity index (χ1) is 10.5. The van der Waals surface area contributed by atoms with E-state index in [1.54, 1.807) is 12.3 Å². The van der Waals surface area contributed by atoms with Crippen LogP contribution >= 0.6 is 11.6 Å². The number of carbonyl (C=O) groups excluding carboxylic acids is 1. The molecule has 0 aliphatic rings. The Morgan fingerprint density at radius 1 is 1.32 bits per heavy atom. The summed E-state index contributed by atoms with van der Waals surface area (Å²) in [4.78, 5) is 16.9. The van der Waals surface area contributed by atoms with Crippen LogP contribution in [0.5, 0.6) is 0 Å². The van der Waals surface area contributed by atoms with E-state index in [0.29, 0.717) is 10.7 Å². The molecule has 2 aromatic rings. The second-order valence-corrected chi connectivity index (χ2v) is 5.99. The first-order valence-electron chi connectivity index (χ1n) is 7.73. The predicted octanol–water partition coefficient (Wildman–Crippen LogP) is 0.485. The molecule has 0 aromatic carbocycles. The SMILES string of the molecule is CCC[NH+](CCC)Cc1c(CC(=O)[O-])nc2ccc(Cl)cn12. The number of halogens is 1. The quantitative estimate of drug-likeness (QED) is 0.769. The van der Waals surface area contributed by atoms with Crippen LogP contribution in [0.1, 0.15) is 38.1 Å². The maximum atomic E-state index is 11.0. The summed E-state index contributed by atoms with van der Waals surface area (Å²) in [6.07, 6.45) is 3.80. The van der Waals surface area contributed by atoms with Crippen molar-refractivity contribution in [1.82, 2.24) is 9.38 Å². The van der Waals surface area contributed by atoms with Gasteiger partial charge in [-0.25, -0.2) is 4.98 Å². The topological polar surface area (TPSA) is 61.9 Å². The molecule has 0 spiro atoms. The van der Waals surface area contributed by atoms with Gasteiger partial charge in [0.15, 0.2) is 0 Å². The molecule has 0 fully saturated rings. The number of aliphatic carboxylic acids is 1. The fourth-order valence-corrected chi connectivity index (χ4v) is 2.99. The van der Waals surface area contributed by atoms with Gasteiger partial charge in [-0.2, -0.15) is 0 Å². The Morgan fingerprint density at radius 3 is 2.59 bits per heavy atom. The molecule has 120 valence electrons. The highest BCUT2D eigenvalue weighted by atomic mass is 35.5. The Morgan fingerprint density at radius 2 is 2.00 bits per heavy atom. The van der Waals surface area contributed by atoms with E-state index < -0.39 is 5.97 Å². The number of hydrogen-bond acceptors (Lipinski definition) is 3. The molecule has 0 amide bonds. The maximum Gasteiger partial charge on any atom is 0.137 e. The van der Waals surface area contributed by atoms with Gasteiger partial charge in [0.25, 0.3) is 0 Å².